The van der Waals surface area contributed by atoms with Crippen molar-refractivity contribution in [2.24, 2.45) is 0 Å². The third kappa shape index (κ3) is 3.82. The highest BCUT2D eigenvalue weighted by Crippen LogP contribution is 2.19. The van der Waals surface area contributed by atoms with Gasteiger partial charge < -0.3 is 5.32 Å². The largest absolute Gasteiger partial charge is 0.306 e. The van der Waals surface area contributed by atoms with Crippen LogP contribution in [0.3, 0.4) is 0 Å². The van der Waals surface area contributed by atoms with Crippen molar-refractivity contribution >= 4 is 11.6 Å². The third-order valence-corrected chi connectivity index (χ3v) is 3.74. The lowest BCUT2D eigenvalue weighted by molar-refractivity contribution is 0.574. The first-order chi connectivity index (χ1) is 9.06. The average molecular weight is 274 g/mol. The van der Waals surface area contributed by atoms with Gasteiger partial charge in [0.1, 0.15) is 0 Å². The molecule has 0 saturated heterocycles. The lowest BCUT2D eigenvalue weighted by Gasteiger charge is -2.15. The van der Waals surface area contributed by atoms with Crippen LogP contribution in [0.4, 0.5) is 0 Å². The van der Waals surface area contributed by atoms with Gasteiger partial charge in [0.2, 0.25) is 0 Å². The van der Waals surface area contributed by atoms with Crippen molar-refractivity contribution in [1.29, 1.82) is 0 Å². The number of aryl methyl sites for hydroxylation is 2. The Balaban J connectivity index is 2.00. The van der Waals surface area contributed by atoms with Crippen LogP contribution in [0.5, 0.6) is 0 Å². The van der Waals surface area contributed by atoms with Gasteiger partial charge in [0.05, 0.1) is 0 Å². The van der Waals surface area contributed by atoms with Gasteiger partial charge in [-0.25, -0.2) is 0 Å². The van der Waals surface area contributed by atoms with Crippen LogP contribution in [0.2, 0.25) is 5.02 Å². The molecule has 19 heavy (non-hydrogen) atoms. The summed E-state index contributed by atoms with van der Waals surface area (Å²) in [5, 5.41) is 4.35. The van der Waals surface area contributed by atoms with E-state index >= 15 is 0 Å². The van der Waals surface area contributed by atoms with Gasteiger partial charge in [-0.2, -0.15) is 0 Å². The highest BCUT2D eigenvalue weighted by atomic mass is 35.5. The molecule has 1 nitrogen and oxygen atoms in total. The quantitative estimate of drug-likeness (QED) is 0.843. The highest BCUT2D eigenvalue weighted by Gasteiger charge is 2.06. The predicted molar refractivity (Wildman–Crippen MR) is 82.6 cm³/mol. The van der Waals surface area contributed by atoms with Crippen molar-refractivity contribution in [2.75, 3.05) is 0 Å². The number of halogens is 1. The van der Waals surface area contributed by atoms with Gasteiger partial charge in [0.25, 0.3) is 0 Å². The molecule has 0 bridgehead atoms. The fourth-order valence-electron chi connectivity index (χ4n) is 2.03. The Morgan fingerprint density at radius 2 is 1.63 bits per heavy atom. The molecule has 0 aromatic heterocycles. The second-order valence-corrected chi connectivity index (χ2v) is 5.52. The summed E-state index contributed by atoms with van der Waals surface area (Å²) in [6, 6.07) is 15.1. The average Bonchev–Trinajstić information content (AvgIpc) is 2.38. The van der Waals surface area contributed by atoms with Crippen molar-refractivity contribution in [3.63, 3.8) is 0 Å². The van der Waals surface area contributed by atoms with E-state index in [1.54, 1.807) is 0 Å². The molecule has 2 aromatic rings. The van der Waals surface area contributed by atoms with Crippen LogP contribution in [0, 0.1) is 13.8 Å². The SMILES string of the molecule is Cc1ccc([C@@H](C)NCc2ccc(C)cc2Cl)cc1. The van der Waals surface area contributed by atoms with E-state index in [9.17, 15) is 0 Å². The first-order valence-electron chi connectivity index (χ1n) is 6.61. The molecule has 2 aromatic carbocycles. The first kappa shape index (κ1) is 14.1. The third-order valence-electron chi connectivity index (χ3n) is 3.38. The van der Waals surface area contributed by atoms with Crippen molar-refractivity contribution in [3.05, 3.63) is 69.7 Å². The van der Waals surface area contributed by atoms with Crippen molar-refractivity contribution in [2.45, 2.75) is 33.4 Å². The van der Waals surface area contributed by atoms with Gasteiger partial charge in [0, 0.05) is 17.6 Å². The molecule has 100 valence electrons. The molecule has 0 aliphatic heterocycles. The van der Waals surface area contributed by atoms with E-state index in [1.807, 2.05) is 6.07 Å². The zero-order valence-electron chi connectivity index (χ0n) is 11.7. The Kier molecular flexibility index (Phi) is 4.62. The van der Waals surface area contributed by atoms with Gasteiger partial charge in [-0.3, -0.25) is 0 Å². The molecular formula is C17H20ClN. The van der Waals surface area contributed by atoms with E-state index in [4.69, 9.17) is 11.6 Å². The van der Waals surface area contributed by atoms with Crippen LogP contribution in [0.25, 0.3) is 0 Å². The van der Waals surface area contributed by atoms with Crippen molar-refractivity contribution in [3.8, 4) is 0 Å². The molecule has 1 atom stereocenters. The van der Waals surface area contributed by atoms with Gasteiger partial charge in [-0.15, -0.1) is 0 Å². The monoisotopic (exact) mass is 273 g/mol. The summed E-state index contributed by atoms with van der Waals surface area (Å²) in [6.07, 6.45) is 0. The number of benzene rings is 2. The summed E-state index contributed by atoms with van der Waals surface area (Å²) >= 11 is 6.24. The lowest BCUT2D eigenvalue weighted by atomic mass is 10.1. The Bertz CT molecular complexity index is 546. The maximum Gasteiger partial charge on any atom is 0.0453 e. The van der Waals surface area contributed by atoms with Crippen LogP contribution < -0.4 is 5.32 Å². The van der Waals surface area contributed by atoms with E-state index in [-0.39, 0.29) is 0 Å². The first-order valence-corrected chi connectivity index (χ1v) is 6.99. The molecule has 0 heterocycles. The lowest BCUT2D eigenvalue weighted by Crippen LogP contribution is -2.18. The molecule has 0 unspecified atom stereocenters. The molecule has 0 saturated carbocycles. The number of hydrogen-bond acceptors (Lipinski definition) is 1. The molecule has 0 radical (unpaired) electrons. The van der Waals surface area contributed by atoms with E-state index in [1.165, 1.54) is 16.7 Å². The molecule has 0 aliphatic carbocycles. The predicted octanol–water partition coefficient (Wildman–Crippen LogP) is 4.81. The number of hydrogen-bond donors (Lipinski definition) is 1. The molecular weight excluding hydrogens is 254 g/mol. The fourth-order valence-corrected chi connectivity index (χ4v) is 2.33. The highest BCUT2D eigenvalue weighted by molar-refractivity contribution is 6.31. The Morgan fingerprint density at radius 3 is 2.26 bits per heavy atom. The van der Waals surface area contributed by atoms with E-state index in [2.05, 4.69) is 62.5 Å². The molecule has 0 amide bonds. The molecule has 1 N–H and O–H groups in total. The minimum atomic E-state index is 0.318. The summed E-state index contributed by atoms with van der Waals surface area (Å²) in [6.45, 7) is 7.12. The Hall–Kier alpha value is -1.31. The molecule has 0 aliphatic rings. The van der Waals surface area contributed by atoms with Crippen LogP contribution >= 0.6 is 11.6 Å². The molecule has 0 fully saturated rings. The summed E-state index contributed by atoms with van der Waals surface area (Å²) < 4.78 is 0. The minimum Gasteiger partial charge on any atom is -0.306 e. The summed E-state index contributed by atoms with van der Waals surface area (Å²) in [4.78, 5) is 0. The van der Waals surface area contributed by atoms with E-state index in [0.29, 0.717) is 6.04 Å². The van der Waals surface area contributed by atoms with Gasteiger partial charge >= 0.3 is 0 Å². The van der Waals surface area contributed by atoms with Gasteiger partial charge in [-0.1, -0.05) is 53.6 Å². The second kappa shape index (κ2) is 6.23. The van der Waals surface area contributed by atoms with Gasteiger partial charge in [-0.05, 0) is 43.5 Å². The number of nitrogens with one attached hydrogen (secondary N) is 1. The van der Waals surface area contributed by atoms with Crippen molar-refractivity contribution in [1.82, 2.24) is 5.32 Å². The second-order valence-electron chi connectivity index (χ2n) is 5.11. The van der Waals surface area contributed by atoms with E-state index < -0.39 is 0 Å². The van der Waals surface area contributed by atoms with Crippen LogP contribution in [-0.2, 0) is 6.54 Å². The van der Waals surface area contributed by atoms with Crippen LogP contribution in [0.15, 0.2) is 42.5 Å². The Morgan fingerprint density at radius 1 is 1.00 bits per heavy atom. The zero-order chi connectivity index (χ0) is 13.8. The van der Waals surface area contributed by atoms with Crippen molar-refractivity contribution < 1.29 is 0 Å². The standard InChI is InChI=1S/C17H20ClN/c1-12-4-7-15(8-5-12)14(3)19-11-16-9-6-13(2)10-17(16)18/h4-10,14,19H,11H2,1-3H3/t14-/m1/s1. The van der Waals surface area contributed by atoms with Crippen LogP contribution in [-0.4, -0.2) is 0 Å². The maximum absolute atomic E-state index is 6.24. The number of rotatable bonds is 4. The van der Waals surface area contributed by atoms with Crippen LogP contribution in [0.1, 0.15) is 35.2 Å². The van der Waals surface area contributed by atoms with E-state index in [0.717, 1.165) is 17.1 Å². The fraction of sp³-hybridized carbons (Fsp3) is 0.294. The molecule has 0 spiro atoms. The summed E-state index contributed by atoms with van der Waals surface area (Å²) in [5.74, 6) is 0. The normalized spacial score (nSPS) is 12.4. The summed E-state index contributed by atoms with van der Waals surface area (Å²) in [5.41, 5.74) is 4.93. The Labute approximate surface area is 120 Å². The minimum absolute atomic E-state index is 0.318. The van der Waals surface area contributed by atoms with Gasteiger partial charge in [0.15, 0.2) is 0 Å². The summed E-state index contributed by atoms with van der Waals surface area (Å²) in [7, 11) is 0. The zero-order valence-corrected chi connectivity index (χ0v) is 12.5. The smallest absolute Gasteiger partial charge is 0.0453 e. The molecule has 2 rings (SSSR count). The topological polar surface area (TPSA) is 12.0 Å². The maximum atomic E-state index is 6.24. The molecule has 2 heteroatoms.